The van der Waals surface area contributed by atoms with Crippen molar-refractivity contribution in [1.29, 1.82) is 0 Å². The Kier molecular flexibility index (Phi) is 7.06. The van der Waals surface area contributed by atoms with Crippen molar-refractivity contribution in [3.63, 3.8) is 0 Å². The molecular formula is C28H28F3N2O3+. The maximum Gasteiger partial charge on any atom is 0.448 e. The molecule has 2 aromatic carbocycles. The molecule has 1 heterocycles. The molecule has 0 saturated heterocycles. The summed E-state index contributed by atoms with van der Waals surface area (Å²) in [5.41, 5.74) is 3.41. The van der Waals surface area contributed by atoms with Crippen LogP contribution in [-0.4, -0.2) is 43.4 Å². The average Bonchev–Trinajstić information content (AvgIpc) is 2.85. The number of carboxylic acids is 1. The standard InChI is InChI=1S/C28H27F3N2O3/c1-4-32(5-2)18-11-13-22-24(15-18)36-25-16-19(33(6-3)17-28(29,30)31)12-14-23(25)26(22)20-9-7-8-10-21(20)27(34)35/h7-16H,4-6,17H2,1-3H3/p+1. The lowest BCUT2D eigenvalue weighted by atomic mass is 9.90. The molecule has 1 N–H and O–H groups in total. The van der Waals surface area contributed by atoms with Crippen LogP contribution in [0.1, 0.15) is 31.1 Å². The van der Waals surface area contributed by atoms with Crippen LogP contribution in [0.5, 0.6) is 0 Å². The van der Waals surface area contributed by atoms with Crippen molar-refractivity contribution >= 4 is 22.6 Å². The molecule has 0 radical (unpaired) electrons. The minimum Gasteiger partial charge on any atom is -0.478 e. The maximum absolute atomic E-state index is 13.2. The Morgan fingerprint density at radius 2 is 1.69 bits per heavy atom. The van der Waals surface area contributed by atoms with E-state index < -0.39 is 18.7 Å². The lowest BCUT2D eigenvalue weighted by Gasteiger charge is -2.22. The van der Waals surface area contributed by atoms with Crippen LogP contribution in [0.25, 0.3) is 33.4 Å². The monoisotopic (exact) mass is 497 g/mol. The Hall–Kier alpha value is -3.81. The van der Waals surface area contributed by atoms with E-state index in [0.717, 1.165) is 24.2 Å². The lowest BCUT2D eigenvalue weighted by Crippen LogP contribution is -2.37. The third-order valence-corrected chi connectivity index (χ3v) is 6.36. The van der Waals surface area contributed by atoms with E-state index in [9.17, 15) is 23.1 Å². The maximum atomic E-state index is 13.2. The van der Waals surface area contributed by atoms with Crippen LogP contribution in [0.4, 0.5) is 18.9 Å². The molecular weight excluding hydrogens is 469 g/mol. The molecule has 0 fully saturated rings. The number of benzene rings is 3. The summed E-state index contributed by atoms with van der Waals surface area (Å²) in [7, 11) is 0. The van der Waals surface area contributed by atoms with Gasteiger partial charge in [0, 0.05) is 47.4 Å². The highest BCUT2D eigenvalue weighted by molar-refractivity contribution is 6.07. The predicted octanol–water partition coefficient (Wildman–Crippen LogP) is 6.10. The fourth-order valence-corrected chi connectivity index (χ4v) is 4.63. The van der Waals surface area contributed by atoms with Crippen LogP contribution in [0, 0.1) is 0 Å². The van der Waals surface area contributed by atoms with E-state index in [0.29, 0.717) is 33.4 Å². The van der Waals surface area contributed by atoms with Crippen LogP contribution in [-0.2, 0) is 0 Å². The van der Waals surface area contributed by atoms with E-state index in [-0.39, 0.29) is 12.1 Å². The molecule has 0 atom stereocenters. The Morgan fingerprint density at radius 3 is 2.33 bits per heavy atom. The molecule has 2 aliphatic rings. The first-order chi connectivity index (χ1) is 17.2. The number of aromatic carboxylic acids is 1. The van der Waals surface area contributed by atoms with E-state index >= 15 is 0 Å². The molecule has 1 aliphatic heterocycles. The molecule has 4 rings (SSSR count). The fourth-order valence-electron chi connectivity index (χ4n) is 4.63. The number of alkyl halides is 3. The van der Waals surface area contributed by atoms with Gasteiger partial charge in [0.15, 0.2) is 0 Å². The summed E-state index contributed by atoms with van der Waals surface area (Å²) in [4.78, 5) is 14.2. The summed E-state index contributed by atoms with van der Waals surface area (Å²) in [5.74, 6) is -0.682. The van der Waals surface area contributed by atoms with Gasteiger partial charge in [0.2, 0.25) is 11.9 Å². The van der Waals surface area contributed by atoms with Gasteiger partial charge in [-0.1, -0.05) is 18.2 Å². The van der Waals surface area contributed by atoms with Crippen molar-refractivity contribution in [2.75, 3.05) is 31.1 Å². The smallest absolute Gasteiger partial charge is 0.448 e. The van der Waals surface area contributed by atoms with Crippen molar-refractivity contribution in [3.8, 4) is 22.5 Å². The number of nitrogens with zero attached hydrogens (tertiary/aromatic N) is 2. The molecule has 8 heteroatoms. The van der Waals surface area contributed by atoms with Crippen LogP contribution in [0.2, 0.25) is 0 Å². The minimum absolute atomic E-state index is 0.135. The number of carbonyl (C=O) groups is 1. The first kappa shape index (κ1) is 25.3. The highest BCUT2D eigenvalue weighted by Gasteiger charge is 2.34. The van der Waals surface area contributed by atoms with E-state index in [1.54, 1.807) is 49.4 Å². The number of anilines is 1. The third-order valence-electron chi connectivity index (χ3n) is 6.36. The van der Waals surface area contributed by atoms with Crippen LogP contribution < -0.4 is 14.8 Å². The molecule has 0 bridgehead atoms. The Labute approximate surface area is 207 Å². The minimum atomic E-state index is -4.35. The molecule has 188 valence electrons. The lowest BCUT2D eigenvalue weighted by molar-refractivity contribution is -0.128. The Morgan fingerprint density at radius 1 is 0.972 bits per heavy atom. The number of fused-ring (bicyclic) bond motifs is 2. The van der Waals surface area contributed by atoms with Gasteiger partial charge in [0.1, 0.15) is 17.9 Å². The second-order valence-corrected chi connectivity index (χ2v) is 8.49. The van der Waals surface area contributed by atoms with Gasteiger partial charge in [0.05, 0.1) is 11.6 Å². The normalized spacial score (nSPS) is 12.7. The molecule has 0 amide bonds. The van der Waals surface area contributed by atoms with Crippen LogP contribution in [0.3, 0.4) is 0 Å². The first-order valence-electron chi connectivity index (χ1n) is 11.9. The summed E-state index contributed by atoms with van der Waals surface area (Å²) >= 11 is 0. The van der Waals surface area contributed by atoms with Gasteiger partial charge in [-0.25, -0.2) is 9.37 Å². The second kappa shape index (κ2) is 10.0. The van der Waals surface area contributed by atoms with Gasteiger partial charge in [-0.2, -0.15) is 13.2 Å². The summed E-state index contributed by atoms with van der Waals surface area (Å²) in [6.07, 6.45) is -4.35. The molecule has 0 aromatic heterocycles. The fraction of sp³-hybridized carbons (Fsp3) is 0.286. The third kappa shape index (κ3) is 4.94. The second-order valence-electron chi connectivity index (χ2n) is 8.49. The van der Waals surface area contributed by atoms with Gasteiger partial charge in [-0.3, -0.25) is 0 Å². The number of carboxylic acid groups (broad SMARTS) is 1. The van der Waals surface area contributed by atoms with Crippen molar-refractivity contribution in [2.24, 2.45) is 0 Å². The van der Waals surface area contributed by atoms with Crippen molar-refractivity contribution < 1.29 is 27.5 Å². The van der Waals surface area contributed by atoms with Crippen molar-refractivity contribution in [2.45, 2.75) is 26.9 Å². The largest absolute Gasteiger partial charge is 0.478 e. The van der Waals surface area contributed by atoms with Gasteiger partial charge in [0.25, 0.3) is 0 Å². The molecule has 1 aliphatic carbocycles. The number of hydrogen-bond donors (Lipinski definition) is 1. The molecule has 0 unspecified atom stereocenters. The van der Waals surface area contributed by atoms with Gasteiger partial charge in [-0.15, -0.1) is 0 Å². The quantitative estimate of drug-likeness (QED) is 0.248. The number of hydrogen-bond acceptors (Lipinski definition) is 3. The molecule has 2 aromatic rings. The van der Waals surface area contributed by atoms with Crippen LogP contribution in [0.15, 0.2) is 65.1 Å². The average molecular weight is 498 g/mol. The van der Waals surface area contributed by atoms with E-state index in [4.69, 9.17) is 4.42 Å². The van der Waals surface area contributed by atoms with Crippen LogP contribution >= 0.6 is 0 Å². The summed E-state index contributed by atoms with van der Waals surface area (Å²) < 4.78 is 47.0. The zero-order valence-corrected chi connectivity index (χ0v) is 20.4. The Bertz CT molecular complexity index is 1450. The topological polar surface area (TPSA) is 56.7 Å². The van der Waals surface area contributed by atoms with Crippen molar-refractivity contribution in [3.05, 3.63) is 71.6 Å². The highest BCUT2D eigenvalue weighted by atomic mass is 19.4. The summed E-state index contributed by atoms with van der Waals surface area (Å²) in [5, 5.41) is 11.0. The van der Waals surface area contributed by atoms with E-state index in [2.05, 4.69) is 4.90 Å². The van der Waals surface area contributed by atoms with Crippen molar-refractivity contribution in [1.82, 2.24) is 4.58 Å². The highest BCUT2D eigenvalue weighted by Crippen LogP contribution is 2.42. The van der Waals surface area contributed by atoms with Gasteiger partial charge in [-0.05, 0) is 50.6 Å². The molecule has 0 spiro atoms. The number of halogens is 3. The summed E-state index contributed by atoms with van der Waals surface area (Å²) in [6.45, 7) is 6.42. The first-order valence-corrected chi connectivity index (χ1v) is 11.9. The predicted molar refractivity (Wildman–Crippen MR) is 136 cm³/mol. The van der Waals surface area contributed by atoms with Gasteiger partial charge < -0.3 is 14.4 Å². The molecule has 36 heavy (non-hydrogen) atoms. The summed E-state index contributed by atoms with van der Waals surface area (Å²) in [6, 6.07) is 17.4. The van der Waals surface area contributed by atoms with E-state index in [1.165, 1.54) is 4.58 Å². The zero-order chi connectivity index (χ0) is 26.0. The Balaban J connectivity index is 2.10. The van der Waals surface area contributed by atoms with Gasteiger partial charge >= 0.3 is 12.1 Å². The molecule has 0 saturated carbocycles. The molecule has 5 nitrogen and oxygen atoms in total. The SMILES string of the molecule is CCN(CC)c1ccc2c(-c3ccccc3C(=O)O)c3cc/c(=[N+](/CC)CC(F)(F)F)cc-3oc2c1. The zero-order valence-electron chi connectivity index (χ0n) is 20.4. The number of rotatable bonds is 7. The van der Waals surface area contributed by atoms with E-state index in [1.807, 2.05) is 32.0 Å².